The average molecular weight is 489 g/mol. The lowest BCUT2D eigenvalue weighted by Gasteiger charge is -2.46. The number of piperazine rings is 1. The Balaban J connectivity index is 1.45. The van der Waals surface area contributed by atoms with Crippen molar-refractivity contribution in [3.63, 3.8) is 0 Å². The van der Waals surface area contributed by atoms with Crippen molar-refractivity contribution < 1.29 is 19.2 Å². The molecule has 2 aliphatic rings. The van der Waals surface area contributed by atoms with Crippen molar-refractivity contribution in [1.82, 2.24) is 9.80 Å². The van der Waals surface area contributed by atoms with Crippen molar-refractivity contribution in [1.29, 1.82) is 0 Å². The number of methoxy groups -OCH3 is 2. The van der Waals surface area contributed by atoms with Crippen molar-refractivity contribution in [3.8, 4) is 5.75 Å². The summed E-state index contributed by atoms with van der Waals surface area (Å²) >= 11 is 6.41. The standard InChI is InChI=1S/C24H29ClN4O5/c1-33-23-15-20(19(25)14-21(23)29(31)32)26-10-8-18(9-11-26)27-12-13-28(24(30)34-2)22(16-27)17-6-4-3-5-7-17/h3-7,14-15,18,22H,8-13,16H2,1-2H3. The Hall–Kier alpha value is -3.04. The third-order valence-electron chi connectivity index (χ3n) is 6.77. The number of nitro groups is 1. The molecule has 0 N–H and O–H groups in total. The van der Waals surface area contributed by atoms with Gasteiger partial charge in [-0.3, -0.25) is 19.9 Å². The molecule has 10 heteroatoms. The molecule has 2 fully saturated rings. The molecule has 2 saturated heterocycles. The number of hydrogen-bond acceptors (Lipinski definition) is 7. The summed E-state index contributed by atoms with van der Waals surface area (Å²) < 4.78 is 10.3. The molecule has 9 nitrogen and oxygen atoms in total. The zero-order valence-electron chi connectivity index (χ0n) is 19.4. The maximum Gasteiger partial charge on any atom is 0.410 e. The van der Waals surface area contributed by atoms with E-state index >= 15 is 0 Å². The van der Waals surface area contributed by atoms with Gasteiger partial charge in [-0.15, -0.1) is 0 Å². The molecule has 1 atom stereocenters. The van der Waals surface area contributed by atoms with Crippen LogP contribution in [0.4, 0.5) is 16.2 Å². The maximum atomic E-state index is 12.4. The summed E-state index contributed by atoms with van der Waals surface area (Å²) in [5.74, 6) is 0.205. The van der Waals surface area contributed by atoms with E-state index in [4.69, 9.17) is 21.1 Å². The van der Waals surface area contributed by atoms with Crippen LogP contribution in [-0.4, -0.2) is 73.8 Å². The molecule has 0 bridgehead atoms. The quantitative estimate of drug-likeness (QED) is 0.456. The molecule has 0 saturated carbocycles. The third-order valence-corrected chi connectivity index (χ3v) is 7.07. The lowest BCUT2D eigenvalue weighted by Crippen LogP contribution is -2.55. The predicted molar refractivity (Wildman–Crippen MR) is 130 cm³/mol. The number of ether oxygens (including phenoxy) is 2. The van der Waals surface area contributed by atoms with Gasteiger partial charge in [0.05, 0.1) is 35.9 Å². The molecule has 4 rings (SSSR count). The Morgan fingerprint density at radius 1 is 1.09 bits per heavy atom. The van der Waals surface area contributed by atoms with Gasteiger partial charge in [0.15, 0.2) is 5.75 Å². The van der Waals surface area contributed by atoms with Gasteiger partial charge < -0.3 is 14.4 Å². The van der Waals surface area contributed by atoms with E-state index in [1.165, 1.54) is 20.3 Å². The van der Waals surface area contributed by atoms with E-state index in [1.54, 1.807) is 6.07 Å². The van der Waals surface area contributed by atoms with Crippen LogP contribution in [-0.2, 0) is 4.74 Å². The predicted octanol–water partition coefficient (Wildman–Crippen LogP) is 4.35. The van der Waals surface area contributed by atoms with Gasteiger partial charge in [-0.05, 0) is 18.4 Å². The highest BCUT2D eigenvalue weighted by Crippen LogP contribution is 2.39. The summed E-state index contributed by atoms with van der Waals surface area (Å²) in [6.07, 6.45) is 1.55. The molecule has 2 aliphatic heterocycles. The van der Waals surface area contributed by atoms with E-state index in [0.717, 1.165) is 50.3 Å². The summed E-state index contributed by atoms with van der Waals surface area (Å²) in [6.45, 7) is 3.69. The van der Waals surface area contributed by atoms with E-state index in [-0.39, 0.29) is 23.6 Å². The molecule has 0 radical (unpaired) electrons. The Bertz CT molecular complexity index is 1030. The smallest absolute Gasteiger partial charge is 0.410 e. The number of nitro benzene ring substituents is 1. The first kappa shape index (κ1) is 24.1. The van der Waals surface area contributed by atoms with Gasteiger partial charge in [-0.1, -0.05) is 41.9 Å². The number of carbonyl (C=O) groups is 1. The first-order valence-electron chi connectivity index (χ1n) is 11.3. The highest BCUT2D eigenvalue weighted by Gasteiger charge is 2.36. The van der Waals surface area contributed by atoms with Crippen LogP contribution in [0.1, 0.15) is 24.4 Å². The Labute approximate surface area is 203 Å². The summed E-state index contributed by atoms with van der Waals surface area (Å²) in [5.41, 5.74) is 1.71. The van der Waals surface area contributed by atoms with Crippen LogP contribution in [0, 0.1) is 10.1 Å². The van der Waals surface area contributed by atoms with E-state index in [2.05, 4.69) is 21.9 Å². The fraction of sp³-hybridized carbons (Fsp3) is 0.458. The van der Waals surface area contributed by atoms with Gasteiger partial charge in [-0.2, -0.15) is 0 Å². The Morgan fingerprint density at radius 2 is 1.79 bits per heavy atom. The van der Waals surface area contributed by atoms with Crippen molar-refractivity contribution in [2.45, 2.75) is 24.9 Å². The zero-order chi connectivity index (χ0) is 24.2. The fourth-order valence-electron chi connectivity index (χ4n) is 4.98. The molecule has 34 heavy (non-hydrogen) atoms. The number of nitrogens with zero attached hydrogens (tertiary/aromatic N) is 4. The molecule has 1 amide bonds. The van der Waals surface area contributed by atoms with Crippen LogP contribution in [0.3, 0.4) is 0 Å². The zero-order valence-corrected chi connectivity index (χ0v) is 20.1. The van der Waals surface area contributed by atoms with E-state index in [0.29, 0.717) is 17.6 Å². The molecule has 0 aromatic heterocycles. The number of anilines is 1. The topological polar surface area (TPSA) is 88.4 Å². The van der Waals surface area contributed by atoms with Crippen molar-refractivity contribution in [3.05, 3.63) is 63.2 Å². The number of hydrogen-bond donors (Lipinski definition) is 0. The second-order valence-corrected chi connectivity index (χ2v) is 8.94. The van der Waals surface area contributed by atoms with Gasteiger partial charge in [0.2, 0.25) is 0 Å². The fourth-order valence-corrected chi connectivity index (χ4v) is 5.26. The first-order chi connectivity index (χ1) is 16.4. The number of piperidine rings is 1. The number of amides is 1. The number of carbonyl (C=O) groups excluding carboxylic acids is 1. The second kappa shape index (κ2) is 10.5. The molecule has 0 spiro atoms. The van der Waals surface area contributed by atoms with Crippen LogP contribution in [0.25, 0.3) is 0 Å². The van der Waals surface area contributed by atoms with Crippen LogP contribution < -0.4 is 9.64 Å². The number of halogens is 1. The van der Waals surface area contributed by atoms with Crippen LogP contribution >= 0.6 is 11.6 Å². The monoisotopic (exact) mass is 488 g/mol. The molecule has 2 aromatic carbocycles. The minimum Gasteiger partial charge on any atom is -0.490 e. The van der Waals surface area contributed by atoms with Crippen molar-refractivity contribution >= 4 is 29.1 Å². The van der Waals surface area contributed by atoms with Crippen molar-refractivity contribution in [2.75, 3.05) is 51.8 Å². The largest absolute Gasteiger partial charge is 0.490 e. The number of benzene rings is 2. The van der Waals surface area contributed by atoms with Gasteiger partial charge >= 0.3 is 11.8 Å². The number of rotatable bonds is 5. The molecule has 1 unspecified atom stereocenters. The molecule has 182 valence electrons. The lowest BCUT2D eigenvalue weighted by molar-refractivity contribution is -0.385. The van der Waals surface area contributed by atoms with Gasteiger partial charge in [0.1, 0.15) is 0 Å². The summed E-state index contributed by atoms with van der Waals surface area (Å²) in [6, 6.07) is 13.4. The molecule has 2 aromatic rings. The maximum absolute atomic E-state index is 12.4. The molecular formula is C24H29ClN4O5. The van der Waals surface area contributed by atoms with E-state index in [1.807, 2.05) is 23.1 Å². The third kappa shape index (κ3) is 4.90. The molecule has 0 aliphatic carbocycles. The molecular weight excluding hydrogens is 460 g/mol. The van der Waals surface area contributed by atoms with Gasteiger partial charge in [0.25, 0.3) is 0 Å². The summed E-state index contributed by atoms with van der Waals surface area (Å²) in [5, 5.41) is 11.6. The van der Waals surface area contributed by atoms with Crippen molar-refractivity contribution in [2.24, 2.45) is 0 Å². The highest BCUT2D eigenvalue weighted by atomic mass is 35.5. The van der Waals surface area contributed by atoms with Gasteiger partial charge in [0, 0.05) is 50.9 Å². The lowest BCUT2D eigenvalue weighted by atomic mass is 9.97. The molecule has 2 heterocycles. The van der Waals surface area contributed by atoms with Gasteiger partial charge in [-0.25, -0.2) is 4.79 Å². The summed E-state index contributed by atoms with van der Waals surface area (Å²) in [7, 11) is 2.84. The Kier molecular flexibility index (Phi) is 7.43. The minimum atomic E-state index is -0.488. The highest BCUT2D eigenvalue weighted by molar-refractivity contribution is 6.33. The van der Waals surface area contributed by atoms with Crippen LogP contribution in [0.15, 0.2) is 42.5 Å². The SMILES string of the molecule is COC(=O)N1CCN(C2CCN(c3cc(OC)c([N+](=O)[O-])cc3Cl)CC2)CC1c1ccccc1. The van der Waals surface area contributed by atoms with E-state index < -0.39 is 4.92 Å². The second-order valence-electron chi connectivity index (χ2n) is 8.54. The first-order valence-corrected chi connectivity index (χ1v) is 11.7. The van der Waals surface area contributed by atoms with Crippen LogP contribution in [0.2, 0.25) is 5.02 Å². The Morgan fingerprint density at radius 3 is 2.41 bits per heavy atom. The van der Waals surface area contributed by atoms with E-state index in [9.17, 15) is 14.9 Å². The van der Waals surface area contributed by atoms with Crippen LogP contribution in [0.5, 0.6) is 5.75 Å². The summed E-state index contributed by atoms with van der Waals surface area (Å²) in [4.78, 5) is 29.6. The normalized spacial score (nSPS) is 19.7. The minimum absolute atomic E-state index is 0.0613. The average Bonchev–Trinajstić information content (AvgIpc) is 2.88.